The quantitative estimate of drug-likeness (QED) is 0.498. The van der Waals surface area contributed by atoms with Crippen LogP contribution in [0.15, 0.2) is 64.9 Å². The predicted molar refractivity (Wildman–Crippen MR) is 125 cm³/mol. The first-order valence-electron chi connectivity index (χ1n) is 10.3. The van der Waals surface area contributed by atoms with Crippen LogP contribution >= 0.6 is 11.3 Å². The van der Waals surface area contributed by atoms with Crippen LogP contribution in [-0.2, 0) is 0 Å². The number of anilines is 2. The number of nitrogens with one attached hydrogen (secondary N) is 1. The number of hydrogen-bond donors (Lipinski definition) is 1. The van der Waals surface area contributed by atoms with Crippen molar-refractivity contribution in [3.63, 3.8) is 0 Å². The molecule has 1 fully saturated rings. The van der Waals surface area contributed by atoms with Crippen LogP contribution in [0.1, 0.15) is 10.6 Å². The number of likely N-dealkylation sites (N-methyl/N-ethyl adjacent to an activating group) is 1. The molecule has 1 N–H and O–H groups in total. The van der Waals surface area contributed by atoms with Crippen molar-refractivity contribution < 1.29 is 9.21 Å². The summed E-state index contributed by atoms with van der Waals surface area (Å²) in [6.07, 6.45) is 3.01. The summed E-state index contributed by atoms with van der Waals surface area (Å²) >= 11 is 1.34. The summed E-state index contributed by atoms with van der Waals surface area (Å²) < 4.78 is 5.47. The molecule has 0 unspecified atom stereocenters. The molecule has 4 aromatic rings. The third-order valence-electron chi connectivity index (χ3n) is 5.41. The largest absolute Gasteiger partial charge is 0.438 e. The van der Waals surface area contributed by atoms with Gasteiger partial charge < -0.3 is 14.2 Å². The van der Waals surface area contributed by atoms with E-state index >= 15 is 0 Å². The van der Waals surface area contributed by atoms with Gasteiger partial charge in [-0.2, -0.15) is 0 Å². The number of rotatable bonds is 5. The molecule has 1 aromatic carbocycles. The van der Waals surface area contributed by atoms with Crippen LogP contribution in [0.25, 0.3) is 22.6 Å². The Morgan fingerprint density at radius 1 is 1.06 bits per heavy atom. The van der Waals surface area contributed by atoms with Crippen molar-refractivity contribution in [3.05, 3.63) is 66.2 Å². The highest BCUT2D eigenvalue weighted by molar-refractivity contribution is 7.14. The Morgan fingerprint density at radius 3 is 2.75 bits per heavy atom. The molecule has 0 radical (unpaired) electrons. The first-order chi connectivity index (χ1) is 15.7. The number of benzene rings is 1. The molecule has 0 atom stereocenters. The summed E-state index contributed by atoms with van der Waals surface area (Å²) in [5.74, 6) is -0.223. The molecule has 0 spiro atoms. The van der Waals surface area contributed by atoms with Gasteiger partial charge in [-0.15, -0.1) is 11.3 Å². The van der Waals surface area contributed by atoms with Gasteiger partial charge in [0.05, 0.1) is 5.69 Å². The Kier molecular flexibility index (Phi) is 5.66. The Labute approximate surface area is 189 Å². The molecule has 8 nitrogen and oxygen atoms in total. The number of piperazine rings is 1. The zero-order chi connectivity index (χ0) is 21.9. The molecule has 1 aliphatic rings. The average molecular weight is 447 g/mol. The van der Waals surface area contributed by atoms with Gasteiger partial charge in [0.2, 0.25) is 5.76 Å². The molecule has 0 aliphatic carbocycles. The second kappa shape index (κ2) is 8.89. The fourth-order valence-corrected chi connectivity index (χ4v) is 4.34. The Hall–Kier alpha value is -3.56. The molecule has 3 aromatic heterocycles. The molecular weight excluding hydrogens is 424 g/mol. The second-order valence-corrected chi connectivity index (χ2v) is 8.44. The SMILES string of the molecule is CN1CCN(c2cccc(-c3ncoc3C(=O)Nc3nc(-c4ccccn4)cs3)c2)CC1. The first kappa shape index (κ1) is 20.3. The molecule has 1 aliphatic heterocycles. The van der Waals surface area contributed by atoms with Crippen molar-refractivity contribution in [2.75, 3.05) is 43.4 Å². The zero-order valence-corrected chi connectivity index (χ0v) is 18.4. The van der Waals surface area contributed by atoms with Gasteiger partial charge >= 0.3 is 0 Å². The number of nitrogens with zero attached hydrogens (tertiary/aromatic N) is 5. The highest BCUT2D eigenvalue weighted by atomic mass is 32.1. The summed E-state index contributed by atoms with van der Waals surface area (Å²) in [5, 5.41) is 5.15. The lowest BCUT2D eigenvalue weighted by Gasteiger charge is -2.34. The van der Waals surface area contributed by atoms with Crippen LogP contribution < -0.4 is 10.2 Å². The Morgan fingerprint density at radius 2 is 1.94 bits per heavy atom. The van der Waals surface area contributed by atoms with Gasteiger partial charge in [-0.25, -0.2) is 9.97 Å². The van der Waals surface area contributed by atoms with Gasteiger partial charge in [0, 0.05) is 49.0 Å². The van der Waals surface area contributed by atoms with Crippen molar-refractivity contribution >= 4 is 28.1 Å². The lowest BCUT2D eigenvalue weighted by molar-refractivity contribution is 0.0997. The minimum atomic E-state index is -0.385. The molecule has 1 saturated heterocycles. The predicted octanol–water partition coefficient (Wildman–Crippen LogP) is 3.86. The highest BCUT2D eigenvalue weighted by Crippen LogP contribution is 2.29. The summed E-state index contributed by atoms with van der Waals surface area (Å²) in [6.45, 7) is 3.98. The maximum atomic E-state index is 12.9. The summed E-state index contributed by atoms with van der Waals surface area (Å²) in [7, 11) is 2.13. The van der Waals surface area contributed by atoms with E-state index in [0.29, 0.717) is 16.5 Å². The molecule has 32 heavy (non-hydrogen) atoms. The summed E-state index contributed by atoms with van der Waals surface area (Å²) in [6, 6.07) is 13.7. The van der Waals surface area contributed by atoms with Gasteiger partial charge in [-0.3, -0.25) is 15.1 Å². The van der Waals surface area contributed by atoms with Gasteiger partial charge in [-0.05, 0) is 31.3 Å². The standard InChI is InChI=1S/C23H22N6O2S/c1-28-9-11-29(12-10-28)17-6-4-5-16(13-17)20-21(31-15-25-20)22(30)27-23-26-19(14-32-23)18-7-2-3-8-24-18/h2-8,13-15H,9-12H2,1H3,(H,26,27,30). The minimum absolute atomic E-state index is 0.162. The van der Waals surface area contributed by atoms with E-state index in [9.17, 15) is 4.79 Å². The number of carbonyl (C=O) groups is 1. The lowest BCUT2D eigenvalue weighted by atomic mass is 10.1. The van der Waals surface area contributed by atoms with Crippen LogP contribution in [0.4, 0.5) is 10.8 Å². The van der Waals surface area contributed by atoms with Gasteiger partial charge in [0.1, 0.15) is 11.4 Å². The van der Waals surface area contributed by atoms with Gasteiger partial charge in [0.25, 0.3) is 5.91 Å². The minimum Gasteiger partial charge on any atom is -0.438 e. The Balaban J connectivity index is 1.34. The van der Waals surface area contributed by atoms with Crippen LogP contribution in [0.3, 0.4) is 0 Å². The third-order valence-corrected chi connectivity index (χ3v) is 6.17. The highest BCUT2D eigenvalue weighted by Gasteiger charge is 2.21. The number of oxazole rings is 1. The average Bonchev–Trinajstić information content (AvgIpc) is 3.50. The maximum Gasteiger partial charge on any atom is 0.295 e. The fraction of sp³-hybridized carbons (Fsp3) is 0.217. The van der Waals surface area contributed by atoms with Crippen molar-refractivity contribution in [1.82, 2.24) is 19.9 Å². The molecule has 1 amide bonds. The van der Waals surface area contributed by atoms with Gasteiger partial charge in [-0.1, -0.05) is 18.2 Å². The van der Waals surface area contributed by atoms with Crippen LogP contribution in [0.2, 0.25) is 0 Å². The number of amides is 1. The molecule has 162 valence electrons. The maximum absolute atomic E-state index is 12.9. The van der Waals surface area contributed by atoms with E-state index in [4.69, 9.17) is 4.42 Å². The van der Waals surface area contributed by atoms with Gasteiger partial charge in [0.15, 0.2) is 11.5 Å². The zero-order valence-electron chi connectivity index (χ0n) is 17.6. The number of pyridine rings is 1. The van der Waals surface area contributed by atoms with Crippen LogP contribution in [0, 0.1) is 0 Å². The molecule has 0 saturated carbocycles. The molecular formula is C23H22N6O2S. The van der Waals surface area contributed by atoms with Crippen LogP contribution in [-0.4, -0.2) is 59.0 Å². The fourth-order valence-electron chi connectivity index (χ4n) is 3.64. The topological polar surface area (TPSA) is 87.4 Å². The molecule has 5 rings (SSSR count). The number of hydrogen-bond acceptors (Lipinski definition) is 8. The van der Waals surface area contributed by atoms with E-state index in [1.54, 1.807) is 6.20 Å². The normalized spacial score (nSPS) is 14.5. The van der Waals surface area contributed by atoms with E-state index in [0.717, 1.165) is 43.1 Å². The van der Waals surface area contributed by atoms with E-state index in [2.05, 4.69) is 49.2 Å². The van der Waals surface area contributed by atoms with Crippen molar-refractivity contribution in [2.24, 2.45) is 0 Å². The van der Waals surface area contributed by atoms with Crippen molar-refractivity contribution in [2.45, 2.75) is 0 Å². The lowest BCUT2D eigenvalue weighted by Crippen LogP contribution is -2.44. The van der Waals surface area contributed by atoms with Crippen LogP contribution in [0.5, 0.6) is 0 Å². The first-order valence-corrected chi connectivity index (χ1v) is 11.2. The van der Waals surface area contributed by atoms with E-state index in [-0.39, 0.29) is 11.7 Å². The number of thiazole rings is 1. The third kappa shape index (κ3) is 4.25. The molecule has 4 heterocycles. The van der Waals surface area contributed by atoms with E-state index in [1.807, 2.05) is 35.7 Å². The van der Waals surface area contributed by atoms with E-state index < -0.39 is 0 Å². The second-order valence-electron chi connectivity index (χ2n) is 7.58. The molecule has 0 bridgehead atoms. The smallest absolute Gasteiger partial charge is 0.295 e. The van der Waals surface area contributed by atoms with Crippen molar-refractivity contribution in [3.8, 4) is 22.6 Å². The summed E-state index contributed by atoms with van der Waals surface area (Å²) in [4.78, 5) is 30.7. The summed E-state index contributed by atoms with van der Waals surface area (Å²) in [5.41, 5.74) is 3.94. The van der Waals surface area contributed by atoms with E-state index in [1.165, 1.54) is 17.7 Å². The monoisotopic (exact) mass is 446 g/mol. The molecule has 9 heteroatoms. The number of carbonyl (C=O) groups excluding carboxylic acids is 1. The Bertz CT molecular complexity index is 1210. The van der Waals surface area contributed by atoms with Crippen molar-refractivity contribution in [1.29, 1.82) is 0 Å². The number of aromatic nitrogens is 3.